The fourth-order valence-electron chi connectivity index (χ4n) is 4.89. The van der Waals surface area contributed by atoms with Crippen LogP contribution in [0.5, 0.6) is 23.0 Å². The fourth-order valence-corrected chi connectivity index (χ4v) is 4.89. The molecule has 2 aromatic carbocycles. The minimum Gasteiger partial charge on any atom is -0.497 e. The van der Waals surface area contributed by atoms with Crippen molar-refractivity contribution in [2.24, 2.45) is 9.98 Å². The molecule has 2 aliphatic rings. The number of rotatable bonds is 9. The molecule has 0 aliphatic carbocycles. The van der Waals surface area contributed by atoms with E-state index in [9.17, 15) is 0 Å². The highest BCUT2D eigenvalue weighted by Gasteiger charge is 2.30. The van der Waals surface area contributed by atoms with E-state index in [-0.39, 0.29) is 0 Å². The van der Waals surface area contributed by atoms with Gasteiger partial charge < -0.3 is 18.9 Å². The quantitative estimate of drug-likeness (QED) is 0.350. The Bertz CT molecular complexity index is 1280. The summed E-state index contributed by atoms with van der Waals surface area (Å²) < 4.78 is 21.8. The lowest BCUT2D eigenvalue weighted by Gasteiger charge is -2.08. The maximum atomic E-state index is 5.46. The van der Waals surface area contributed by atoms with Crippen LogP contribution in [0.3, 0.4) is 0 Å². The summed E-state index contributed by atoms with van der Waals surface area (Å²) in [5.74, 6) is 2.97. The van der Waals surface area contributed by atoms with Gasteiger partial charge in [-0.15, -0.1) is 0 Å². The zero-order valence-corrected chi connectivity index (χ0v) is 23.6. The van der Waals surface area contributed by atoms with E-state index in [1.165, 1.54) is 11.1 Å². The topological polar surface area (TPSA) is 61.6 Å². The molecule has 0 aromatic heterocycles. The second-order valence-electron chi connectivity index (χ2n) is 9.19. The summed E-state index contributed by atoms with van der Waals surface area (Å²) in [6.45, 7) is 8.61. The maximum absolute atomic E-state index is 5.46. The van der Waals surface area contributed by atoms with Crippen molar-refractivity contribution in [1.82, 2.24) is 0 Å². The Labute approximate surface area is 225 Å². The van der Waals surface area contributed by atoms with Crippen molar-refractivity contribution < 1.29 is 18.9 Å². The predicted molar refractivity (Wildman–Crippen MR) is 156 cm³/mol. The molecule has 0 fully saturated rings. The van der Waals surface area contributed by atoms with Crippen molar-refractivity contribution in [2.75, 3.05) is 28.4 Å². The van der Waals surface area contributed by atoms with Crippen LogP contribution in [0.15, 0.2) is 80.1 Å². The Kier molecular flexibility index (Phi) is 8.20. The number of aliphatic imine (C=N–C) groups is 2. The van der Waals surface area contributed by atoms with E-state index in [0.29, 0.717) is 0 Å². The lowest BCUT2D eigenvalue weighted by molar-refractivity contribution is 0.394. The highest BCUT2D eigenvalue weighted by molar-refractivity contribution is 6.55. The predicted octanol–water partition coefficient (Wildman–Crippen LogP) is 7.47. The second kappa shape index (κ2) is 11.5. The Hall–Kier alpha value is -4.06. The van der Waals surface area contributed by atoms with Crippen LogP contribution in [0.2, 0.25) is 0 Å². The number of hydrogen-bond acceptors (Lipinski definition) is 6. The summed E-state index contributed by atoms with van der Waals surface area (Å²) in [5.41, 5.74) is 10.5. The molecule has 4 rings (SSSR count). The Morgan fingerprint density at radius 2 is 0.868 bits per heavy atom. The Morgan fingerprint density at radius 3 is 1.13 bits per heavy atom. The molecular formula is C32H36N2O4. The van der Waals surface area contributed by atoms with Gasteiger partial charge in [0.2, 0.25) is 0 Å². The van der Waals surface area contributed by atoms with E-state index < -0.39 is 0 Å². The average Bonchev–Trinajstić information content (AvgIpc) is 3.42. The monoisotopic (exact) mass is 512 g/mol. The van der Waals surface area contributed by atoms with Gasteiger partial charge in [0.1, 0.15) is 23.0 Å². The second-order valence-corrected chi connectivity index (χ2v) is 9.19. The van der Waals surface area contributed by atoms with E-state index in [2.05, 4.69) is 39.8 Å². The standard InChI is InChI=1S/C32H36N2O4/c1-9-27-19(3)29(15-21-11-23(35-5)17-24(12-21)36-6)33-31(27)32-28(10-2)20(4)30(34-32)16-22-13-25(37-7)18-26(14-22)38-8/h11-18H,9-10H2,1-8H3/b29-15-,30-16-. The maximum Gasteiger partial charge on any atom is 0.123 e. The van der Waals surface area contributed by atoms with Crippen molar-refractivity contribution >= 4 is 23.6 Å². The molecule has 0 atom stereocenters. The van der Waals surface area contributed by atoms with Crippen molar-refractivity contribution in [3.05, 3.63) is 81.2 Å². The van der Waals surface area contributed by atoms with Crippen molar-refractivity contribution in [2.45, 2.75) is 40.5 Å². The summed E-state index contributed by atoms with van der Waals surface area (Å²) in [6.07, 6.45) is 5.90. The third-order valence-electron chi connectivity index (χ3n) is 7.00. The third-order valence-corrected chi connectivity index (χ3v) is 7.00. The van der Waals surface area contributed by atoms with Crippen molar-refractivity contribution in [1.29, 1.82) is 0 Å². The summed E-state index contributed by atoms with van der Waals surface area (Å²) in [4.78, 5) is 10.3. The zero-order valence-electron chi connectivity index (χ0n) is 23.6. The zero-order chi connectivity index (χ0) is 27.4. The Balaban J connectivity index is 1.80. The summed E-state index contributed by atoms with van der Waals surface area (Å²) in [5, 5.41) is 0. The molecule has 0 bridgehead atoms. The Morgan fingerprint density at radius 1 is 0.553 bits per heavy atom. The van der Waals surface area contributed by atoms with Crippen LogP contribution in [0.1, 0.15) is 51.7 Å². The number of methoxy groups -OCH3 is 4. The van der Waals surface area contributed by atoms with Gasteiger partial charge in [-0.1, -0.05) is 13.8 Å². The normalized spacial score (nSPS) is 17.4. The molecule has 198 valence electrons. The van der Waals surface area contributed by atoms with E-state index in [4.69, 9.17) is 28.9 Å². The van der Waals surface area contributed by atoms with E-state index >= 15 is 0 Å². The minimum atomic E-state index is 0.742. The van der Waals surface area contributed by atoms with Crippen LogP contribution in [0.4, 0.5) is 0 Å². The smallest absolute Gasteiger partial charge is 0.123 e. The van der Waals surface area contributed by atoms with Gasteiger partial charge in [0.05, 0.1) is 51.3 Å². The lowest BCUT2D eigenvalue weighted by atomic mass is 9.94. The molecule has 0 saturated heterocycles. The highest BCUT2D eigenvalue weighted by atomic mass is 16.5. The largest absolute Gasteiger partial charge is 0.497 e. The van der Waals surface area contributed by atoms with E-state index in [1.54, 1.807) is 28.4 Å². The molecule has 0 N–H and O–H groups in total. The lowest BCUT2D eigenvalue weighted by Crippen LogP contribution is -2.16. The fraction of sp³-hybridized carbons (Fsp3) is 0.312. The molecule has 2 aromatic rings. The third kappa shape index (κ3) is 5.30. The van der Waals surface area contributed by atoms with E-state index in [0.717, 1.165) is 80.9 Å². The van der Waals surface area contributed by atoms with E-state index in [1.807, 2.05) is 36.4 Å². The first-order chi connectivity index (χ1) is 18.3. The van der Waals surface area contributed by atoms with Gasteiger partial charge in [-0.2, -0.15) is 0 Å². The van der Waals surface area contributed by atoms with Gasteiger partial charge in [0.15, 0.2) is 0 Å². The number of nitrogens with zero attached hydrogens (tertiary/aromatic N) is 2. The van der Waals surface area contributed by atoms with Crippen LogP contribution in [0.25, 0.3) is 12.2 Å². The average molecular weight is 513 g/mol. The number of ether oxygens (including phenoxy) is 4. The van der Waals surface area contributed by atoms with Gasteiger partial charge in [0.25, 0.3) is 0 Å². The molecular weight excluding hydrogens is 476 g/mol. The van der Waals surface area contributed by atoms with Crippen molar-refractivity contribution in [3.63, 3.8) is 0 Å². The molecule has 2 heterocycles. The number of hydrogen-bond donors (Lipinski definition) is 0. The molecule has 0 unspecified atom stereocenters. The van der Waals surface area contributed by atoms with Crippen LogP contribution >= 0.6 is 0 Å². The summed E-state index contributed by atoms with van der Waals surface area (Å²) >= 11 is 0. The first kappa shape index (κ1) is 27.0. The summed E-state index contributed by atoms with van der Waals surface area (Å²) in [7, 11) is 6.63. The molecule has 0 radical (unpaired) electrons. The molecule has 38 heavy (non-hydrogen) atoms. The van der Waals surface area contributed by atoms with Gasteiger partial charge in [-0.05, 0) is 96.5 Å². The van der Waals surface area contributed by atoms with Gasteiger partial charge >= 0.3 is 0 Å². The van der Waals surface area contributed by atoms with Crippen LogP contribution < -0.4 is 18.9 Å². The minimum absolute atomic E-state index is 0.742. The molecule has 2 aliphatic heterocycles. The summed E-state index contributed by atoms with van der Waals surface area (Å²) in [6, 6.07) is 11.7. The first-order valence-electron chi connectivity index (χ1n) is 12.8. The molecule has 6 nitrogen and oxygen atoms in total. The van der Waals surface area contributed by atoms with Crippen LogP contribution in [-0.4, -0.2) is 39.9 Å². The van der Waals surface area contributed by atoms with Crippen molar-refractivity contribution in [3.8, 4) is 23.0 Å². The molecule has 0 saturated carbocycles. The number of benzene rings is 2. The van der Waals surface area contributed by atoms with Crippen LogP contribution in [-0.2, 0) is 0 Å². The SMILES string of the molecule is CCC1=C(C)/C(=C/c2cc(OC)cc(OC)c2)N=C1C1=N/C(=C\c2cc(OC)cc(OC)c2)C(C)=C1CC. The first-order valence-corrected chi connectivity index (χ1v) is 12.8. The van der Waals surface area contributed by atoms with Crippen LogP contribution in [0, 0.1) is 0 Å². The number of allylic oxidation sites excluding steroid dienone is 4. The van der Waals surface area contributed by atoms with Gasteiger partial charge in [-0.25, -0.2) is 9.98 Å². The molecule has 6 heteroatoms. The highest BCUT2D eigenvalue weighted by Crippen LogP contribution is 2.37. The molecule has 0 amide bonds. The molecule has 0 spiro atoms. The van der Waals surface area contributed by atoms with Gasteiger partial charge in [0, 0.05) is 12.1 Å². The van der Waals surface area contributed by atoms with Gasteiger partial charge in [-0.3, -0.25) is 0 Å².